The lowest BCUT2D eigenvalue weighted by Crippen LogP contribution is -2.16. The van der Waals surface area contributed by atoms with E-state index >= 15 is 0 Å². The average Bonchev–Trinajstić information content (AvgIpc) is 2.93. The molecule has 0 aliphatic heterocycles. The summed E-state index contributed by atoms with van der Waals surface area (Å²) < 4.78 is 65.3. The van der Waals surface area contributed by atoms with Crippen molar-refractivity contribution in [3.05, 3.63) is 58.7 Å². The highest BCUT2D eigenvalue weighted by Gasteiger charge is 2.38. The minimum absolute atomic E-state index is 0.00379. The second kappa shape index (κ2) is 6.58. The van der Waals surface area contributed by atoms with E-state index < -0.39 is 40.8 Å². The van der Waals surface area contributed by atoms with E-state index in [1.54, 1.807) is 0 Å². The first-order chi connectivity index (χ1) is 12.6. The Balaban J connectivity index is 1.89. The molecule has 140 valence electrons. The van der Waals surface area contributed by atoms with Gasteiger partial charge in [-0.05, 0) is 30.3 Å². The van der Waals surface area contributed by atoms with Gasteiger partial charge in [-0.1, -0.05) is 11.3 Å². The first kappa shape index (κ1) is 18.7. The van der Waals surface area contributed by atoms with Gasteiger partial charge in [0.05, 0.1) is 15.8 Å². The normalized spacial score (nSPS) is 11.6. The maximum atomic E-state index is 13.6. The smallest absolute Gasteiger partial charge is 0.422 e. The lowest BCUT2D eigenvalue weighted by atomic mass is 10.1. The van der Waals surface area contributed by atoms with Crippen molar-refractivity contribution >= 4 is 38.6 Å². The Morgan fingerprint density at radius 1 is 1.04 bits per heavy atom. The lowest BCUT2D eigenvalue weighted by molar-refractivity contribution is -0.142. The zero-order valence-electron chi connectivity index (χ0n) is 12.9. The Morgan fingerprint density at radius 3 is 2.22 bits per heavy atom. The summed E-state index contributed by atoms with van der Waals surface area (Å²) in [5.74, 6) is -6.06. The number of alkyl halides is 3. The number of anilines is 1. The molecule has 5 nitrogen and oxygen atoms in total. The number of rotatable bonds is 3. The van der Waals surface area contributed by atoms with E-state index in [1.165, 1.54) is 18.2 Å². The molecule has 0 aliphatic carbocycles. The fraction of sp³-hybridized carbons (Fsp3) is 0.0625. The second-order valence-electron chi connectivity index (χ2n) is 5.27. The van der Waals surface area contributed by atoms with E-state index in [4.69, 9.17) is 5.11 Å². The van der Waals surface area contributed by atoms with Crippen molar-refractivity contribution in [1.82, 2.24) is 4.98 Å². The van der Waals surface area contributed by atoms with Crippen molar-refractivity contribution < 1.29 is 36.6 Å². The number of fused-ring (bicyclic) bond motifs is 1. The van der Waals surface area contributed by atoms with Crippen molar-refractivity contribution in [2.45, 2.75) is 6.18 Å². The molecule has 3 aromatic rings. The van der Waals surface area contributed by atoms with Gasteiger partial charge in [0.25, 0.3) is 5.91 Å². The summed E-state index contributed by atoms with van der Waals surface area (Å²) in [4.78, 5) is 27.0. The molecule has 3 rings (SSSR count). The molecule has 0 saturated heterocycles. The van der Waals surface area contributed by atoms with Crippen LogP contribution < -0.4 is 5.32 Å². The third kappa shape index (κ3) is 3.72. The molecule has 0 aliphatic rings. The molecule has 0 atom stereocenters. The summed E-state index contributed by atoms with van der Waals surface area (Å²) in [7, 11) is 0. The number of nitrogens with zero attached hydrogens (tertiary/aromatic N) is 1. The fourth-order valence-corrected chi connectivity index (χ4v) is 3.16. The predicted molar refractivity (Wildman–Crippen MR) is 85.9 cm³/mol. The number of carbonyl (C=O) groups is 2. The van der Waals surface area contributed by atoms with Gasteiger partial charge in [0.2, 0.25) is 0 Å². The zero-order chi connectivity index (χ0) is 19.9. The van der Waals surface area contributed by atoms with Gasteiger partial charge in [0.1, 0.15) is 17.2 Å². The summed E-state index contributed by atoms with van der Waals surface area (Å²) in [5.41, 5.74) is -2.38. The van der Waals surface area contributed by atoms with Gasteiger partial charge in [-0.15, -0.1) is 0 Å². The van der Waals surface area contributed by atoms with Crippen LogP contribution in [-0.4, -0.2) is 22.0 Å². The van der Waals surface area contributed by atoms with Crippen LogP contribution in [0.5, 0.6) is 0 Å². The molecular formula is C16H7F5N2O3S. The van der Waals surface area contributed by atoms with Crippen molar-refractivity contribution in [3.8, 4) is 0 Å². The molecule has 0 spiro atoms. The molecule has 0 unspecified atom stereocenters. The van der Waals surface area contributed by atoms with Gasteiger partial charge in [0.15, 0.2) is 5.13 Å². The first-order valence-electron chi connectivity index (χ1n) is 7.07. The highest BCUT2D eigenvalue weighted by molar-refractivity contribution is 7.22. The van der Waals surface area contributed by atoms with Crippen LogP contribution >= 0.6 is 11.3 Å². The SMILES string of the molecule is O=C(O)c1ccc2nc(NC(=O)c3cc(F)c(C(F)(F)F)c(F)c3)sc2c1. The second-order valence-corrected chi connectivity index (χ2v) is 6.30. The number of aromatic carboxylic acids is 1. The predicted octanol–water partition coefficient (Wildman–Crippen LogP) is 4.54. The number of halogens is 5. The number of aromatic nitrogens is 1. The molecule has 2 aromatic carbocycles. The molecule has 1 aromatic heterocycles. The van der Waals surface area contributed by atoms with E-state index in [2.05, 4.69) is 10.3 Å². The molecule has 0 bridgehead atoms. The van der Waals surface area contributed by atoms with Crippen molar-refractivity contribution in [3.63, 3.8) is 0 Å². The van der Waals surface area contributed by atoms with E-state index in [0.717, 1.165) is 11.3 Å². The molecular weight excluding hydrogens is 395 g/mol. The number of amides is 1. The van der Waals surface area contributed by atoms with E-state index in [9.17, 15) is 31.5 Å². The number of carbonyl (C=O) groups excluding carboxylic acids is 1. The van der Waals surface area contributed by atoms with Gasteiger partial charge in [-0.2, -0.15) is 13.2 Å². The van der Waals surface area contributed by atoms with Gasteiger partial charge >= 0.3 is 12.1 Å². The summed E-state index contributed by atoms with van der Waals surface area (Å²) in [6, 6.07) is 4.58. The van der Waals surface area contributed by atoms with Crippen LogP contribution in [0.25, 0.3) is 10.2 Å². The fourth-order valence-electron chi connectivity index (χ4n) is 2.26. The van der Waals surface area contributed by atoms with Crippen LogP contribution in [0.2, 0.25) is 0 Å². The number of thiazole rings is 1. The number of nitrogens with one attached hydrogen (secondary N) is 1. The highest BCUT2D eigenvalue weighted by Crippen LogP contribution is 2.34. The lowest BCUT2D eigenvalue weighted by Gasteiger charge is -2.10. The Hall–Kier alpha value is -3.08. The molecule has 27 heavy (non-hydrogen) atoms. The van der Waals surface area contributed by atoms with Crippen LogP contribution in [0.3, 0.4) is 0 Å². The molecule has 0 saturated carbocycles. The van der Waals surface area contributed by atoms with Crippen LogP contribution in [0.1, 0.15) is 26.3 Å². The summed E-state index contributed by atoms with van der Waals surface area (Å²) in [6.07, 6.45) is -5.24. The first-order valence-corrected chi connectivity index (χ1v) is 7.89. The number of hydrogen-bond donors (Lipinski definition) is 2. The third-order valence-corrected chi connectivity index (χ3v) is 4.38. The molecule has 1 amide bonds. The van der Waals surface area contributed by atoms with E-state index in [0.29, 0.717) is 10.2 Å². The number of benzene rings is 2. The topological polar surface area (TPSA) is 79.3 Å². The van der Waals surface area contributed by atoms with Crippen molar-refractivity contribution in [2.75, 3.05) is 5.32 Å². The highest BCUT2D eigenvalue weighted by atomic mass is 32.1. The van der Waals surface area contributed by atoms with E-state index in [1.807, 2.05) is 0 Å². The quantitative estimate of drug-likeness (QED) is 0.631. The standard InChI is InChI=1S/C16H7F5N2O3S/c17-8-3-7(4-9(18)12(8)16(19,20)21)13(24)23-15-22-10-2-1-6(14(25)26)5-11(10)27-15/h1-5H,(H,25,26)(H,22,23,24). The summed E-state index contributed by atoms with van der Waals surface area (Å²) >= 11 is 0.894. The van der Waals surface area contributed by atoms with Crippen molar-refractivity contribution in [2.24, 2.45) is 0 Å². The Bertz CT molecular complexity index is 1050. The van der Waals surface area contributed by atoms with Crippen LogP contribution in [0, 0.1) is 11.6 Å². The van der Waals surface area contributed by atoms with Gasteiger partial charge < -0.3 is 5.11 Å². The van der Waals surface area contributed by atoms with Crippen LogP contribution in [0.4, 0.5) is 27.1 Å². The molecule has 2 N–H and O–H groups in total. The summed E-state index contributed by atoms with van der Waals surface area (Å²) in [6.45, 7) is 0. The van der Waals surface area contributed by atoms with Crippen LogP contribution in [-0.2, 0) is 6.18 Å². The molecule has 0 fully saturated rings. The average molecular weight is 402 g/mol. The zero-order valence-corrected chi connectivity index (χ0v) is 13.7. The van der Waals surface area contributed by atoms with Crippen LogP contribution in [0.15, 0.2) is 30.3 Å². The van der Waals surface area contributed by atoms with Gasteiger partial charge in [0, 0.05) is 5.56 Å². The Morgan fingerprint density at radius 2 is 1.67 bits per heavy atom. The third-order valence-electron chi connectivity index (χ3n) is 3.44. The monoisotopic (exact) mass is 402 g/mol. The Labute approximate surface area is 151 Å². The summed E-state index contributed by atoms with van der Waals surface area (Å²) in [5, 5.41) is 11.1. The number of carboxylic acid groups (broad SMARTS) is 1. The Kier molecular flexibility index (Phi) is 4.56. The maximum absolute atomic E-state index is 13.6. The molecule has 0 radical (unpaired) electrons. The molecule has 1 heterocycles. The minimum Gasteiger partial charge on any atom is -0.478 e. The largest absolute Gasteiger partial charge is 0.478 e. The van der Waals surface area contributed by atoms with Crippen molar-refractivity contribution in [1.29, 1.82) is 0 Å². The number of hydrogen-bond acceptors (Lipinski definition) is 4. The number of carboxylic acids is 1. The minimum atomic E-state index is -5.24. The van der Waals surface area contributed by atoms with Gasteiger partial charge in [-0.3, -0.25) is 10.1 Å². The van der Waals surface area contributed by atoms with Gasteiger partial charge in [-0.25, -0.2) is 18.6 Å². The maximum Gasteiger partial charge on any atom is 0.422 e. The molecule has 11 heteroatoms. The van der Waals surface area contributed by atoms with E-state index in [-0.39, 0.29) is 22.8 Å².